The maximum absolute atomic E-state index is 11.6. The molecule has 0 bridgehead atoms. The number of hydrogen-bond donors (Lipinski definition) is 3. The molecule has 3 amide bonds. The van der Waals surface area contributed by atoms with E-state index in [0.717, 1.165) is 18.7 Å². The van der Waals surface area contributed by atoms with E-state index in [1.54, 1.807) is 12.1 Å². The quantitative estimate of drug-likeness (QED) is 0.794. The molecule has 7 heteroatoms. The van der Waals surface area contributed by atoms with E-state index < -0.39 is 0 Å². The molecule has 1 aliphatic rings. The Morgan fingerprint density at radius 1 is 1.48 bits per heavy atom. The number of benzene rings is 1. The van der Waals surface area contributed by atoms with Crippen molar-refractivity contribution in [1.82, 2.24) is 10.6 Å². The van der Waals surface area contributed by atoms with Gasteiger partial charge in [0.2, 0.25) is 5.91 Å². The fraction of sp³-hybridized carbons (Fsp3) is 0.429. The smallest absolute Gasteiger partial charge is 0.319 e. The first-order valence-corrected chi connectivity index (χ1v) is 7.34. The highest BCUT2D eigenvalue weighted by Gasteiger charge is 2.18. The lowest BCUT2D eigenvalue weighted by molar-refractivity contribution is -0.120. The first-order valence-electron chi connectivity index (χ1n) is 6.96. The largest absolute Gasteiger partial charge is 0.359 e. The van der Waals surface area contributed by atoms with Crippen LogP contribution in [0.3, 0.4) is 0 Å². The first kappa shape index (κ1) is 15.4. The molecular weight excluding hydrogens is 292 g/mol. The summed E-state index contributed by atoms with van der Waals surface area (Å²) in [4.78, 5) is 24.9. The summed E-state index contributed by atoms with van der Waals surface area (Å²) in [5, 5.41) is 8.73. The van der Waals surface area contributed by atoms with Crippen LogP contribution >= 0.6 is 11.6 Å². The van der Waals surface area contributed by atoms with Gasteiger partial charge in [-0.3, -0.25) is 4.79 Å². The Hall–Kier alpha value is -1.95. The van der Waals surface area contributed by atoms with Gasteiger partial charge in [0.15, 0.2) is 0 Å². The number of anilines is 2. The van der Waals surface area contributed by atoms with Crippen LogP contribution in [0.5, 0.6) is 0 Å². The summed E-state index contributed by atoms with van der Waals surface area (Å²) in [6.45, 7) is 4.23. The summed E-state index contributed by atoms with van der Waals surface area (Å²) < 4.78 is 0. The standard InChI is InChI=1S/C14H19ClN4O2/c1-2-5-17-14(21)18-10-3-4-12(11(15)8-10)19-7-6-16-13(20)9-19/h3-4,8H,2,5-7,9H2,1H3,(H,16,20)(H2,17,18,21). The Bertz CT molecular complexity index is 536. The van der Waals surface area contributed by atoms with E-state index in [4.69, 9.17) is 11.6 Å². The van der Waals surface area contributed by atoms with E-state index in [0.29, 0.717) is 30.3 Å². The zero-order chi connectivity index (χ0) is 15.2. The molecule has 0 atom stereocenters. The number of carbonyl (C=O) groups is 2. The molecule has 3 N–H and O–H groups in total. The first-order chi connectivity index (χ1) is 10.1. The number of nitrogens with one attached hydrogen (secondary N) is 3. The fourth-order valence-corrected chi connectivity index (χ4v) is 2.40. The van der Waals surface area contributed by atoms with E-state index in [-0.39, 0.29) is 11.9 Å². The molecule has 1 aromatic rings. The summed E-state index contributed by atoms with van der Waals surface area (Å²) in [5.41, 5.74) is 1.42. The molecule has 0 saturated carbocycles. The highest BCUT2D eigenvalue weighted by atomic mass is 35.5. The average molecular weight is 311 g/mol. The third-order valence-corrected chi connectivity index (χ3v) is 3.42. The minimum Gasteiger partial charge on any atom is -0.359 e. The third kappa shape index (κ3) is 4.26. The van der Waals surface area contributed by atoms with Crippen molar-refractivity contribution in [2.24, 2.45) is 0 Å². The number of urea groups is 1. The summed E-state index contributed by atoms with van der Waals surface area (Å²) in [6, 6.07) is 5.03. The Morgan fingerprint density at radius 3 is 2.95 bits per heavy atom. The molecule has 114 valence electrons. The molecule has 1 aliphatic heterocycles. The summed E-state index contributed by atoms with van der Waals surface area (Å²) in [7, 11) is 0. The molecule has 0 spiro atoms. The van der Waals surface area contributed by atoms with Crippen LogP contribution in [0.1, 0.15) is 13.3 Å². The molecule has 0 aliphatic carbocycles. The number of piperazine rings is 1. The van der Waals surface area contributed by atoms with Crippen LogP contribution < -0.4 is 20.9 Å². The summed E-state index contributed by atoms with van der Waals surface area (Å²) in [5.74, 6) is -0.0153. The fourth-order valence-electron chi connectivity index (χ4n) is 2.10. The van der Waals surface area contributed by atoms with E-state index in [9.17, 15) is 9.59 Å². The molecule has 1 fully saturated rings. The Balaban J connectivity index is 2.03. The zero-order valence-corrected chi connectivity index (χ0v) is 12.7. The normalized spacial score (nSPS) is 14.6. The maximum Gasteiger partial charge on any atom is 0.319 e. The molecule has 21 heavy (non-hydrogen) atoms. The predicted molar refractivity (Wildman–Crippen MR) is 84.0 cm³/mol. The van der Waals surface area contributed by atoms with Gasteiger partial charge in [-0.05, 0) is 24.6 Å². The number of hydrogen-bond acceptors (Lipinski definition) is 3. The summed E-state index contributed by atoms with van der Waals surface area (Å²) >= 11 is 6.25. The molecule has 6 nitrogen and oxygen atoms in total. The van der Waals surface area contributed by atoms with Crippen LogP contribution in [0.25, 0.3) is 0 Å². The Labute approximate surface area is 128 Å². The molecule has 1 heterocycles. The topological polar surface area (TPSA) is 73.5 Å². The van der Waals surface area contributed by atoms with Gasteiger partial charge in [-0.2, -0.15) is 0 Å². The number of rotatable bonds is 4. The van der Waals surface area contributed by atoms with Crippen LogP contribution in [-0.2, 0) is 4.79 Å². The van der Waals surface area contributed by atoms with Crippen molar-refractivity contribution in [1.29, 1.82) is 0 Å². The van der Waals surface area contributed by atoms with Crippen LogP contribution in [0, 0.1) is 0 Å². The Morgan fingerprint density at radius 2 is 2.29 bits per heavy atom. The van der Waals surface area contributed by atoms with Gasteiger partial charge in [-0.15, -0.1) is 0 Å². The van der Waals surface area contributed by atoms with Gasteiger partial charge in [-0.25, -0.2) is 4.79 Å². The van der Waals surface area contributed by atoms with Gasteiger partial charge < -0.3 is 20.9 Å². The van der Waals surface area contributed by atoms with Crippen LogP contribution in [0.15, 0.2) is 18.2 Å². The molecule has 0 radical (unpaired) electrons. The second-order valence-electron chi connectivity index (χ2n) is 4.82. The molecular formula is C14H19ClN4O2. The van der Waals surface area contributed by atoms with Crippen molar-refractivity contribution in [3.63, 3.8) is 0 Å². The number of carbonyl (C=O) groups excluding carboxylic acids is 2. The van der Waals surface area contributed by atoms with Crippen molar-refractivity contribution >= 4 is 34.9 Å². The van der Waals surface area contributed by atoms with E-state index in [1.807, 2.05) is 17.9 Å². The average Bonchev–Trinajstić information content (AvgIpc) is 2.45. The van der Waals surface area contributed by atoms with Crippen LogP contribution in [0.2, 0.25) is 5.02 Å². The lowest BCUT2D eigenvalue weighted by Gasteiger charge is -2.29. The molecule has 1 saturated heterocycles. The maximum atomic E-state index is 11.6. The second-order valence-corrected chi connectivity index (χ2v) is 5.23. The lowest BCUT2D eigenvalue weighted by Crippen LogP contribution is -2.47. The number of nitrogens with zero attached hydrogens (tertiary/aromatic N) is 1. The van der Waals surface area contributed by atoms with Gasteiger partial charge in [0.1, 0.15) is 0 Å². The second kappa shape index (κ2) is 7.17. The van der Waals surface area contributed by atoms with Crippen molar-refractivity contribution in [2.75, 3.05) is 36.4 Å². The number of halogens is 1. The number of amides is 3. The summed E-state index contributed by atoms with van der Waals surface area (Å²) in [6.07, 6.45) is 0.879. The van der Waals surface area contributed by atoms with Gasteiger partial charge in [-0.1, -0.05) is 18.5 Å². The minimum absolute atomic E-state index is 0.0153. The van der Waals surface area contributed by atoms with Crippen molar-refractivity contribution in [2.45, 2.75) is 13.3 Å². The van der Waals surface area contributed by atoms with Crippen molar-refractivity contribution in [3.8, 4) is 0 Å². The van der Waals surface area contributed by atoms with Gasteiger partial charge in [0.05, 0.1) is 17.3 Å². The SMILES string of the molecule is CCCNC(=O)Nc1ccc(N2CCNC(=O)C2)c(Cl)c1. The van der Waals surface area contributed by atoms with Crippen molar-refractivity contribution in [3.05, 3.63) is 23.2 Å². The zero-order valence-electron chi connectivity index (χ0n) is 11.9. The Kier molecular flexibility index (Phi) is 5.27. The van der Waals surface area contributed by atoms with Gasteiger partial charge >= 0.3 is 6.03 Å². The highest BCUT2D eigenvalue weighted by Crippen LogP contribution is 2.29. The molecule has 2 rings (SSSR count). The molecule has 0 aromatic heterocycles. The van der Waals surface area contributed by atoms with Crippen LogP contribution in [-0.4, -0.2) is 38.1 Å². The molecule has 1 aromatic carbocycles. The molecule has 0 unspecified atom stereocenters. The van der Waals surface area contributed by atoms with Gasteiger partial charge in [0.25, 0.3) is 0 Å². The van der Waals surface area contributed by atoms with E-state index >= 15 is 0 Å². The lowest BCUT2D eigenvalue weighted by atomic mass is 10.2. The van der Waals surface area contributed by atoms with Gasteiger partial charge in [0, 0.05) is 25.3 Å². The van der Waals surface area contributed by atoms with E-state index in [2.05, 4.69) is 16.0 Å². The predicted octanol–water partition coefficient (Wildman–Crippen LogP) is 1.81. The third-order valence-electron chi connectivity index (χ3n) is 3.12. The van der Waals surface area contributed by atoms with Crippen molar-refractivity contribution < 1.29 is 9.59 Å². The van der Waals surface area contributed by atoms with E-state index in [1.165, 1.54) is 0 Å². The minimum atomic E-state index is -0.252. The monoisotopic (exact) mass is 310 g/mol. The highest BCUT2D eigenvalue weighted by molar-refractivity contribution is 6.33. The van der Waals surface area contributed by atoms with Crippen LogP contribution in [0.4, 0.5) is 16.2 Å².